The Morgan fingerprint density at radius 2 is 1.91 bits per heavy atom. The number of pyridine rings is 1. The highest BCUT2D eigenvalue weighted by Crippen LogP contribution is 2.34. The molecule has 0 bridgehead atoms. The molecule has 1 aliphatic heterocycles. The van der Waals surface area contributed by atoms with E-state index < -0.39 is 24.1 Å². The van der Waals surface area contributed by atoms with Gasteiger partial charge in [0.25, 0.3) is 5.91 Å². The Hall–Kier alpha value is -4.64. The molecular weight excluding hydrogens is 578 g/mol. The molecule has 230 valence electrons. The van der Waals surface area contributed by atoms with Gasteiger partial charge in [0.05, 0.1) is 24.9 Å². The number of urea groups is 1. The minimum absolute atomic E-state index is 0.162. The quantitative estimate of drug-likeness (QED) is 0.221. The molecule has 3 heterocycles. The second-order valence-electron chi connectivity index (χ2n) is 11.3. The molecule has 0 radical (unpaired) electrons. The number of rotatable bonds is 11. The molecule has 2 aromatic heterocycles. The molecule has 1 aliphatic rings. The average Bonchev–Trinajstić information content (AvgIpc) is 3.71. The number of nitrogens with one attached hydrogen (secondary N) is 2. The van der Waals surface area contributed by atoms with Gasteiger partial charge in [0.15, 0.2) is 0 Å². The van der Waals surface area contributed by atoms with E-state index in [2.05, 4.69) is 10.6 Å². The van der Waals surface area contributed by atoms with Crippen LogP contribution in [0.3, 0.4) is 0 Å². The number of nitrogens with two attached hydrogens (primary N) is 1. The molecule has 10 nitrogen and oxygen atoms in total. The van der Waals surface area contributed by atoms with Crippen LogP contribution < -0.4 is 25.8 Å². The van der Waals surface area contributed by atoms with E-state index >= 15 is 0 Å². The minimum atomic E-state index is -0.845. The third-order valence-electron chi connectivity index (χ3n) is 7.57. The number of thiophene rings is 1. The third-order valence-corrected chi connectivity index (χ3v) is 8.25. The number of primary amides is 1. The van der Waals surface area contributed by atoms with Crippen molar-refractivity contribution in [1.29, 1.82) is 0 Å². The third kappa shape index (κ3) is 7.28. The summed E-state index contributed by atoms with van der Waals surface area (Å²) in [5.74, 6) is 0.710. The van der Waals surface area contributed by atoms with E-state index in [1.54, 1.807) is 18.6 Å². The predicted octanol–water partition coefficient (Wildman–Crippen LogP) is 4.83. The van der Waals surface area contributed by atoms with Crippen molar-refractivity contribution in [3.05, 3.63) is 77.0 Å². The van der Waals surface area contributed by atoms with Crippen LogP contribution in [0.25, 0.3) is 22.2 Å². The minimum Gasteiger partial charge on any atom is -0.497 e. The molecule has 4 amide bonds. The zero-order chi connectivity index (χ0) is 31.2. The normalized spacial score (nSPS) is 17.0. The first kappa shape index (κ1) is 30.8. The number of methoxy groups -OCH3 is 1. The standard InChI is InChI=1S/C33H37N5O5S/c1-20(2)13-23(17-35-32(40)22-11-12-44-19-22)36-33(41)38-18-25(15-29(38)31(34)39)43-30-16-27(21-7-5-4-6-8-21)37-28-14-24(42-3)9-10-26(28)30/h4-12,14,16,19-20,23,25,29H,13,15,17-18H2,1-3H3,(H2,34,39)(H,35,40)(H,36,41)/t23?,25-,29?/m1/s1. The van der Waals surface area contributed by atoms with Crippen molar-refractivity contribution in [2.45, 2.75) is 44.9 Å². The number of carbonyl (C=O) groups is 3. The fourth-order valence-electron chi connectivity index (χ4n) is 5.45. The SMILES string of the molecule is COc1ccc2c(O[C@@H]3CC(C(N)=O)N(C(=O)NC(CNC(=O)c4ccsc4)CC(C)C)C3)cc(-c3ccccc3)nc2c1. The fraction of sp³-hybridized carbons (Fsp3) is 0.333. The molecule has 0 saturated carbocycles. The van der Waals surface area contributed by atoms with E-state index in [1.807, 2.05) is 73.8 Å². The summed E-state index contributed by atoms with van der Waals surface area (Å²) in [6.07, 6.45) is 0.392. The number of hydrogen-bond donors (Lipinski definition) is 3. The van der Waals surface area contributed by atoms with E-state index in [1.165, 1.54) is 16.2 Å². The number of aromatic nitrogens is 1. The van der Waals surface area contributed by atoms with Crippen LogP contribution in [-0.4, -0.2) is 66.1 Å². The molecule has 4 aromatic rings. The number of ether oxygens (including phenoxy) is 2. The van der Waals surface area contributed by atoms with Crippen molar-refractivity contribution in [3.63, 3.8) is 0 Å². The first-order valence-electron chi connectivity index (χ1n) is 14.6. The Kier molecular flexibility index (Phi) is 9.64. The Balaban J connectivity index is 1.34. The monoisotopic (exact) mass is 615 g/mol. The summed E-state index contributed by atoms with van der Waals surface area (Å²) in [5, 5.41) is 10.3. The summed E-state index contributed by atoms with van der Waals surface area (Å²) in [5.41, 5.74) is 8.69. The van der Waals surface area contributed by atoms with Gasteiger partial charge in [-0.05, 0) is 35.9 Å². The first-order valence-corrected chi connectivity index (χ1v) is 15.5. The number of amides is 4. The molecule has 0 aliphatic carbocycles. The summed E-state index contributed by atoms with van der Waals surface area (Å²) in [4.78, 5) is 44.9. The highest BCUT2D eigenvalue weighted by atomic mass is 32.1. The maximum absolute atomic E-state index is 13.6. The number of likely N-dealkylation sites (tertiary alicyclic amines) is 1. The van der Waals surface area contributed by atoms with Gasteiger partial charge in [0.2, 0.25) is 5.91 Å². The second-order valence-corrected chi connectivity index (χ2v) is 12.1. The van der Waals surface area contributed by atoms with Crippen LogP contribution in [0.4, 0.5) is 4.79 Å². The van der Waals surface area contributed by atoms with E-state index in [0.29, 0.717) is 29.0 Å². The van der Waals surface area contributed by atoms with Crippen molar-refractivity contribution >= 4 is 40.1 Å². The molecule has 2 unspecified atom stereocenters. The molecule has 44 heavy (non-hydrogen) atoms. The van der Waals surface area contributed by atoms with E-state index in [-0.39, 0.29) is 37.4 Å². The summed E-state index contributed by atoms with van der Waals surface area (Å²) in [6, 6.07) is 17.4. The number of fused-ring (bicyclic) bond motifs is 1. The number of nitrogens with zero attached hydrogens (tertiary/aromatic N) is 2. The van der Waals surface area contributed by atoms with Gasteiger partial charge in [-0.3, -0.25) is 9.59 Å². The van der Waals surface area contributed by atoms with Gasteiger partial charge >= 0.3 is 6.03 Å². The predicted molar refractivity (Wildman–Crippen MR) is 171 cm³/mol. The van der Waals surface area contributed by atoms with E-state index in [0.717, 1.165) is 16.6 Å². The van der Waals surface area contributed by atoms with Crippen LogP contribution in [0.5, 0.6) is 11.5 Å². The molecule has 1 saturated heterocycles. The molecule has 4 N–H and O–H groups in total. The lowest BCUT2D eigenvalue weighted by molar-refractivity contribution is -0.121. The second kappa shape index (κ2) is 13.8. The smallest absolute Gasteiger partial charge is 0.318 e. The molecule has 11 heteroatoms. The lowest BCUT2D eigenvalue weighted by Crippen LogP contribution is -2.53. The molecular formula is C33H37N5O5S. The highest BCUT2D eigenvalue weighted by Gasteiger charge is 2.40. The maximum Gasteiger partial charge on any atom is 0.318 e. The van der Waals surface area contributed by atoms with E-state index in [4.69, 9.17) is 20.2 Å². The van der Waals surface area contributed by atoms with Crippen molar-refractivity contribution < 1.29 is 23.9 Å². The molecule has 3 atom stereocenters. The largest absolute Gasteiger partial charge is 0.497 e. The Morgan fingerprint density at radius 1 is 1.11 bits per heavy atom. The first-order chi connectivity index (χ1) is 21.2. The summed E-state index contributed by atoms with van der Waals surface area (Å²) < 4.78 is 11.9. The van der Waals surface area contributed by atoms with Crippen LogP contribution >= 0.6 is 11.3 Å². The fourth-order valence-corrected chi connectivity index (χ4v) is 6.08. The molecule has 5 rings (SSSR count). The lowest BCUT2D eigenvalue weighted by atomic mass is 10.0. The number of hydrogen-bond acceptors (Lipinski definition) is 7. The van der Waals surface area contributed by atoms with Crippen LogP contribution in [0.1, 0.15) is 37.0 Å². The van der Waals surface area contributed by atoms with Gasteiger partial charge in [-0.25, -0.2) is 9.78 Å². The van der Waals surface area contributed by atoms with E-state index in [9.17, 15) is 14.4 Å². The lowest BCUT2D eigenvalue weighted by Gasteiger charge is -2.27. The number of benzene rings is 2. The summed E-state index contributed by atoms with van der Waals surface area (Å²) in [6.45, 7) is 4.51. The van der Waals surface area contributed by atoms with Gasteiger partial charge < -0.3 is 30.7 Å². The van der Waals surface area contributed by atoms with Gasteiger partial charge in [-0.1, -0.05) is 44.2 Å². The Morgan fingerprint density at radius 3 is 2.59 bits per heavy atom. The number of carbonyl (C=O) groups excluding carboxylic acids is 3. The zero-order valence-corrected chi connectivity index (χ0v) is 25.8. The van der Waals surface area contributed by atoms with Crippen molar-refractivity contribution in [2.24, 2.45) is 11.7 Å². The average molecular weight is 616 g/mol. The molecule has 1 fully saturated rings. The summed E-state index contributed by atoms with van der Waals surface area (Å²) >= 11 is 1.44. The topological polar surface area (TPSA) is 136 Å². The van der Waals surface area contributed by atoms with Gasteiger partial charge in [0.1, 0.15) is 23.6 Å². The molecule has 2 aromatic carbocycles. The van der Waals surface area contributed by atoms with Gasteiger partial charge in [-0.2, -0.15) is 11.3 Å². The zero-order valence-electron chi connectivity index (χ0n) is 25.0. The van der Waals surface area contributed by atoms with Crippen LogP contribution in [-0.2, 0) is 4.79 Å². The van der Waals surface area contributed by atoms with Crippen molar-refractivity contribution in [3.8, 4) is 22.8 Å². The maximum atomic E-state index is 13.6. The van der Waals surface area contributed by atoms with Crippen molar-refractivity contribution in [2.75, 3.05) is 20.2 Å². The van der Waals surface area contributed by atoms with Crippen molar-refractivity contribution in [1.82, 2.24) is 20.5 Å². The Labute approximate surface area is 260 Å². The highest BCUT2D eigenvalue weighted by molar-refractivity contribution is 7.08. The van der Waals surface area contributed by atoms with Gasteiger partial charge in [-0.15, -0.1) is 0 Å². The van der Waals surface area contributed by atoms with Crippen LogP contribution in [0.2, 0.25) is 0 Å². The Bertz CT molecular complexity index is 1610. The van der Waals surface area contributed by atoms with Crippen LogP contribution in [0, 0.1) is 5.92 Å². The molecule has 0 spiro atoms. The summed E-state index contributed by atoms with van der Waals surface area (Å²) in [7, 11) is 1.60. The van der Waals surface area contributed by atoms with Gasteiger partial charge in [0, 0.05) is 53.0 Å². The van der Waals surface area contributed by atoms with Crippen LogP contribution in [0.15, 0.2) is 71.4 Å².